The summed E-state index contributed by atoms with van der Waals surface area (Å²) in [5.74, 6) is -2.54. The molecule has 0 radical (unpaired) electrons. The lowest BCUT2D eigenvalue weighted by Crippen LogP contribution is -2.37. The molecule has 214 valence electrons. The van der Waals surface area contributed by atoms with Crippen molar-refractivity contribution in [3.8, 4) is 11.1 Å². The predicted molar refractivity (Wildman–Crippen MR) is 150 cm³/mol. The third-order valence-corrected chi connectivity index (χ3v) is 7.77. The molecule has 1 heterocycles. The molecule has 0 unspecified atom stereocenters. The number of carboxylic acid groups (broad SMARTS) is 1. The largest absolute Gasteiger partial charge is 0.481 e. The molecule has 4 rings (SSSR count). The van der Waals surface area contributed by atoms with Crippen molar-refractivity contribution in [3.05, 3.63) is 94.8 Å². The van der Waals surface area contributed by atoms with Crippen molar-refractivity contribution < 1.29 is 27.5 Å². The third-order valence-electron chi connectivity index (χ3n) is 7.77. The van der Waals surface area contributed by atoms with Crippen molar-refractivity contribution in [2.45, 2.75) is 65.1 Å². The molecule has 40 heavy (non-hydrogen) atoms. The van der Waals surface area contributed by atoms with Crippen LogP contribution in [0.15, 0.2) is 66.7 Å². The zero-order valence-electron chi connectivity index (χ0n) is 23.4. The van der Waals surface area contributed by atoms with E-state index in [9.17, 15) is 27.5 Å². The first-order valence-corrected chi connectivity index (χ1v) is 13.8. The van der Waals surface area contributed by atoms with Gasteiger partial charge in [0.15, 0.2) is 0 Å². The molecular weight excluding hydrogens is 518 g/mol. The van der Waals surface area contributed by atoms with Crippen LogP contribution < -0.4 is 0 Å². The van der Waals surface area contributed by atoms with Crippen molar-refractivity contribution >= 4 is 5.97 Å². The van der Waals surface area contributed by atoms with E-state index in [2.05, 4.69) is 11.8 Å². The second kappa shape index (κ2) is 11.7. The van der Waals surface area contributed by atoms with E-state index in [0.717, 1.165) is 18.9 Å². The summed E-state index contributed by atoms with van der Waals surface area (Å²) in [6.07, 6.45) is -2.93. The summed E-state index contributed by atoms with van der Waals surface area (Å²) in [7, 11) is 0. The number of hydrogen-bond acceptors (Lipinski definition) is 2. The van der Waals surface area contributed by atoms with Crippen molar-refractivity contribution in [2.24, 2.45) is 11.3 Å². The van der Waals surface area contributed by atoms with Crippen molar-refractivity contribution in [2.75, 3.05) is 13.1 Å². The van der Waals surface area contributed by atoms with E-state index in [4.69, 9.17) is 0 Å². The van der Waals surface area contributed by atoms with Gasteiger partial charge in [-0.3, -0.25) is 9.69 Å². The first-order chi connectivity index (χ1) is 18.7. The average molecular weight is 556 g/mol. The van der Waals surface area contributed by atoms with Crippen LogP contribution in [0.5, 0.6) is 0 Å². The Morgan fingerprint density at radius 1 is 0.950 bits per heavy atom. The maximum absolute atomic E-state index is 14.8. The van der Waals surface area contributed by atoms with Crippen LogP contribution in [0.1, 0.15) is 81.2 Å². The molecule has 1 N–H and O–H groups in total. The first-order valence-electron chi connectivity index (χ1n) is 13.8. The lowest BCUT2D eigenvalue weighted by atomic mass is 9.77. The summed E-state index contributed by atoms with van der Waals surface area (Å²) < 4.78 is 58.3. The van der Waals surface area contributed by atoms with Crippen LogP contribution >= 0.6 is 0 Å². The van der Waals surface area contributed by atoms with E-state index in [1.54, 1.807) is 12.1 Å². The third kappa shape index (κ3) is 6.92. The molecule has 0 aliphatic carbocycles. The second-order valence-electron chi connectivity index (χ2n) is 12.2. The van der Waals surface area contributed by atoms with Crippen molar-refractivity contribution in [1.29, 1.82) is 0 Å². The zero-order chi connectivity index (χ0) is 29.2. The Bertz CT molecular complexity index is 1310. The van der Waals surface area contributed by atoms with E-state index in [1.807, 2.05) is 51.1 Å². The van der Waals surface area contributed by atoms with Crippen molar-refractivity contribution in [3.63, 3.8) is 0 Å². The van der Waals surface area contributed by atoms with Gasteiger partial charge in [-0.2, -0.15) is 13.2 Å². The summed E-state index contributed by atoms with van der Waals surface area (Å²) in [4.78, 5) is 14.6. The standard InChI is InChI=1S/C33H37F4NO2/c1-21-14-16-38(17-15-21)30(23-10-12-24(34)13-11-23)27-19-29(33(35,36)37)26(28(31(39)40)20-32(2,3)4)18-25(27)22-8-6-5-7-9-22/h5-13,18-19,21,28,30H,14-17,20H2,1-4H3,(H,39,40)/t28-,30+/m1/s1. The molecule has 1 fully saturated rings. The fourth-order valence-corrected chi connectivity index (χ4v) is 5.72. The number of benzene rings is 3. The first kappa shape index (κ1) is 29.8. The zero-order valence-corrected chi connectivity index (χ0v) is 23.4. The Morgan fingerprint density at radius 3 is 2.08 bits per heavy atom. The maximum Gasteiger partial charge on any atom is 0.416 e. The molecular formula is C33H37F4NO2. The van der Waals surface area contributed by atoms with Crippen LogP contribution in [0, 0.1) is 17.2 Å². The Kier molecular flexibility index (Phi) is 8.74. The summed E-state index contributed by atoms with van der Waals surface area (Å²) in [5.41, 5.74) is 0.695. The molecule has 0 saturated carbocycles. The van der Waals surface area contributed by atoms with Crippen LogP contribution in [0.2, 0.25) is 0 Å². The van der Waals surface area contributed by atoms with Crippen LogP contribution in [-0.2, 0) is 11.0 Å². The van der Waals surface area contributed by atoms with E-state index < -0.39 is 40.9 Å². The molecule has 3 aromatic rings. The van der Waals surface area contributed by atoms with Gasteiger partial charge in [0.05, 0.1) is 17.5 Å². The average Bonchev–Trinajstić information content (AvgIpc) is 2.89. The van der Waals surface area contributed by atoms with Crippen LogP contribution in [0.4, 0.5) is 17.6 Å². The Labute approximate surface area is 233 Å². The summed E-state index contributed by atoms with van der Waals surface area (Å²) >= 11 is 0. The van der Waals surface area contributed by atoms with Crippen LogP contribution in [0.3, 0.4) is 0 Å². The van der Waals surface area contributed by atoms with E-state index in [1.165, 1.54) is 18.2 Å². The molecule has 1 aliphatic heterocycles. The van der Waals surface area contributed by atoms with E-state index in [0.29, 0.717) is 41.3 Å². The van der Waals surface area contributed by atoms with Gasteiger partial charge in [0.2, 0.25) is 0 Å². The molecule has 0 bridgehead atoms. The van der Waals surface area contributed by atoms with Crippen LogP contribution in [0.25, 0.3) is 11.1 Å². The lowest BCUT2D eigenvalue weighted by Gasteiger charge is -2.39. The molecule has 0 spiro atoms. The van der Waals surface area contributed by atoms with Gasteiger partial charge >= 0.3 is 12.1 Å². The van der Waals surface area contributed by atoms with Gasteiger partial charge in [-0.05, 0) is 95.8 Å². The van der Waals surface area contributed by atoms with E-state index in [-0.39, 0.29) is 12.0 Å². The Morgan fingerprint density at radius 2 is 1.55 bits per heavy atom. The lowest BCUT2D eigenvalue weighted by molar-refractivity contribution is -0.142. The highest BCUT2D eigenvalue weighted by Gasteiger charge is 2.41. The molecule has 0 aromatic heterocycles. The van der Waals surface area contributed by atoms with Gasteiger partial charge in [-0.25, -0.2) is 4.39 Å². The highest BCUT2D eigenvalue weighted by molar-refractivity contribution is 5.79. The van der Waals surface area contributed by atoms with Gasteiger partial charge in [0.25, 0.3) is 0 Å². The van der Waals surface area contributed by atoms with Gasteiger partial charge in [0.1, 0.15) is 5.82 Å². The summed E-state index contributed by atoms with van der Waals surface area (Å²) in [5, 5.41) is 10.1. The molecule has 2 atom stereocenters. The highest BCUT2D eigenvalue weighted by Crippen LogP contribution is 2.46. The normalized spacial score (nSPS) is 17.0. The Hall–Kier alpha value is -3.19. The number of aliphatic carboxylic acids is 1. The van der Waals surface area contributed by atoms with Gasteiger partial charge in [-0.15, -0.1) is 0 Å². The predicted octanol–water partition coefficient (Wildman–Crippen LogP) is 8.94. The number of hydrogen-bond donors (Lipinski definition) is 1. The highest BCUT2D eigenvalue weighted by atomic mass is 19.4. The van der Waals surface area contributed by atoms with E-state index >= 15 is 0 Å². The van der Waals surface area contributed by atoms with Gasteiger partial charge in [-0.1, -0.05) is 70.2 Å². The topological polar surface area (TPSA) is 40.5 Å². The number of rotatable bonds is 7. The molecule has 1 aliphatic rings. The van der Waals surface area contributed by atoms with Crippen molar-refractivity contribution in [1.82, 2.24) is 4.90 Å². The maximum atomic E-state index is 14.8. The molecule has 3 nitrogen and oxygen atoms in total. The molecule has 0 amide bonds. The van der Waals surface area contributed by atoms with Gasteiger partial charge < -0.3 is 5.11 Å². The van der Waals surface area contributed by atoms with Gasteiger partial charge in [0, 0.05) is 0 Å². The minimum absolute atomic E-state index is 0.0460. The molecule has 1 saturated heterocycles. The minimum Gasteiger partial charge on any atom is -0.481 e. The quantitative estimate of drug-likeness (QED) is 0.296. The Balaban J connectivity index is 2.04. The van der Waals surface area contributed by atoms with Crippen LogP contribution in [-0.4, -0.2) is 29.1 Å². The number of alkyl halides is 3. The number of likely N-dealkylation sites (tertiary alicyclic amines) is 1. The number of halogens is 4. The smallest absolute Gasteiger partial charge is 0.416 e. The summed E-state index contributed by atoms with van der Waals surface area (Å²) in [6, 6.07) is 17.1. The minimum atomic E-state index is -4.77. The number of nitrogens with zero attached hydrogens (tertiary/aromatic N) is 1. The monoisotopic (exact) mass is 555 g/mol. The second-order valence-corrected chi connectivity index (χ2v) is 12.2. The fraction of sp³-hybridized carbons (Fsp3) is 0.424. The fourth-order valence-electron chi connectivity index (χ4n) is 5.72. The summed E-state index contributed by atoms with van der Waals surface area (Å²) in [6.45, 7) is 9.00. The number of carboxylic acids is 1. The SMILES string of the molecule is CC1CCN([C@@H](c2ccc(F)cc2)c2cc(C(F)(F)F)c([C@@H](CC(C)(C)C)C(=O)O)cc2-c2ccccc2)CC1. The number of piperidine rings is 1. The molecule has 7 heteroatoms. The molecule has 3 aromatic carbocycles. The number of carbonyl (C=O) groups is 1.